The molecule has 1 aromatic rings. The van der Waals surface area contributed by atoms with Gasteiger partial charge in [-0.15, -0.1) is 0 Å². The Balaban J connectivity index is 2.59. The monoisotopic (exact) mass is 540 g/mol. The van der Waals surface area contributed by atoms with Crippen molar-refractivity contribution in [1.82, 2.24) is 0 Å². The topological polar surface area (TPSA) is 82.1 Å². The molecule has 1 atom stereocenters. The summed E-state index contributed by atoms with van der Waals surface area (Å²) in [6.07, 6.45) is 3.52. The van der Waals surface area contributed by atoms with Gasteiger partial charge in [0, 0.05) is 16.5 Å². The van der Waals surface area contributed by atoms with E-state index in [-0.39, 0.29) is 17.6 Å². The normalized spacial score (nSPS) is 15.2. The van der Waals surface area contributed by atoms with Crippen molar-refractivity contribution in [2.24, 2.45) is 5.92 Å². The van der Waals surface area contributed by atoms with Crippen molar-refractivity contribution in [2.75, 3.05) is 12.4 Å². The number of fused-ring (bicyclic) bond motifs is 1. The number of ether oxygens (including phenoxy) is 2. The largest absolute Gasteiger partial charge is 0.543 e. The SMILES string of the molecule is COc1c(C)c2c(c(O[Si](C)(C)C(C)(C)C)c1CC=C(C)CC(CCBr)C(=O)O)C(=O)OC2. The first-order valence-electron chi connectivity index (χ1n) is 11.3. The first-order valence-corrected chi connectivity index (χ1v) is 15.3. The van der Waals surface area contributed by atoms with E-state index in [2.05, 4.69) is 49.8 Å². The van der Waals surface area contributed by atoms with Gasteiger partial charge in [-0.05, 0) is 56.8 Å². The minimum Gasteiger partial charge on any atom is -0.543 e. The van der Waals surface area contributed by atoms with Gasteiger partial charge in [0.15, 0.2) is 0 Å². The lowest BCUT2D eigenvalue weighted by atomic mass is 9.93. The molecule has 1 heterocycles. The maximum Gasteiger partial charge on any atom is 0.342 e. The Hall–Kier alpha value is -1.80. The quantitative estimate of drug-likeness (QED) is 0.159. The first kappa shape index (κ1) is 27.4. The first-order chi connectivity index (χ1) is 15.2. The average Bonchev–Trinajstić information content (AvgIpc) is 3.09. The van der Waals surface area contributed by atoms with Crippen LogP contribution in [0.3, 0.4) is 0 Å². The van der Waals surface area contributed by atoms with Crippen LogP contribution in [0.1, 0.15) is 67.6 Å². The fraction of sp³-hybridized carbons (Fsp3) is 0.600. The Morgan fingerprint density at radius 1 is 1.30 bits per heavy atom. The number of rotatable bonds is 10. The van der Waals surface area contributed by atoms with Crippen LogP contribution in [0.5, 0.6) is 11.5 Å². The Morgan fingerprint density at radius 3 is 2.45 bits per heavy atom. The number of benzene rings is 1. The van der Waals surface area contributed by atoms with E-state index in [1.807, 2.05) is 19.9 Å². The van der Waals surface area contributed by atoms with Gasteiger partial charge in [0.25, 0.3) is 8.32 Å². The molecule has 0 amide bonds. The third kappa shape index (κ3) is 6.01. The van der Waals surface area contributed by atoms with Gasteiger partial charge in [0.05, 0.1) is 13.0 Å². The van der Waals surface area contributed by atoms with E-state index in [1.54, 1.807) is 7.11 Å². The number of hydrogen-bond acceptors (Lipinski definition) is 5. The molecule has 1 aliphatic rings. The standard InChI is InChI=1S/C25H37BrO6Si/c1-15(13-17(11-12-26)23(27)28)9-10-18-21(30-6)16(2)19-14-31-24(29)20(19)22(18)32-33(7,8)25(3,4)5/h9,17H,10-14H2,1-8H3,(H,27,28). The summed E-state index contributed by atoms with van der Waals surface area (Å²) in [6.45, 7) is 14.9. The molecular formula is C25H37BrO6Si. The number of carboxylic acids is 1. The van der Waals surface area contributed by atoms with Crippen LogP contribution in [0.25, 0.3) is 0 Å². The number of carbonyl (C=O) groups is 2. The number of aliphatic carboxylic acids is 1. The fourth-order valence-electron chi connectivity index (χ4n) is 3.72. The number of methoxy groups -OCH3 is 1. The lowest BCUT2D eigenvalue weighted by Crippen LogP contribution is -2.44. The molecule has 0 saturated carbocycles. The zero-order valence-corrected chi connectivity index (χ0v) is 23.6. The van der Waals surface area contributed by atoms with Crippen LogP contribution in [0.4, 0.5) is 0 Å². The van der Waals surface area contributed by atoms with Crippen LogP contribution < -0.4 is 9.16 Å². The number of alkyl halides is 1. The summed E-state index contributed by atoms with van der Waals surface area (Å²) in [7, 11) is -0.654. The van der Waals surface area contributed by atoms with Crippen molar-refractivity contribution in [3.63, 3.8) is 0 Å². The third-order valence-electron chi connectivity index (χ3n) is 6.82. The lowest BCUT2D eigenvalue weighted by molar-refractivity contribution is -0.141. The molecule has 2 rings (SSSR count). The van der Waals surface area contributed by atoms with Crippen LogP contribution in [-0.2, 0) is 22.6 Å². The molecular weight excluding hydrogens is 504 g/mol. The number of cyclic esters (lactones) is 1. The van der Waals surface area contributed by atoms with Gasteiger partial charge in [-0.3, -0.25) is 4.79 Å². The van der Waals surface area contributed by atoms with E-state index in [1.165, 1.54) is 0 Å². The van der Waals surface area contributed by atoms with Gasteiger partial charge in [-0.2, -0.15) is 0 Å². The molecule has 1 N–H and O–H groups in total. The highest BCUT2D eigenvalue weighted by atomic mass is 79.9. The predicted molar refractivity (Wildman–Crippen MR) is 136 cm³/mol. The van der Waals surface area contributed by atoms with E-state index in [0.29, 0.717) is 41.7 Å². The predicted octanol–water partition coefficient (Wildman–Crippen LogP) is 6.42. The molecule has 0 saturated heterocycles. The van der Waals surface area contributed by atoms with Crippen LogP contribution in [0, 0.1) is 12.8 Å². The Kier molecular flexibility index (Phi) is 8.84. The maximum atomic E-state index is 12.7. The number of carbonyl (C=O) groups excluding carboxylic acids is 1. The second-order valence-electron chi connectivity index (χ2n) is 10.2. The highest BCUT2D eigenvalue weighted by molar-refractivity contribution is 9.09. The second kappa shape index (κ2) is 10.6. The third-order valence-corrected chi connectivity index (χ3v) is 11.6. The Bertz CT molecular complexity index is 945. The molecule has 0 bridgehead atoms. The van der Waals surface area contributed by atoms with Crippen molar-refractivity contribution < 1.29 is 28.6 Å². The zero-order chi connectivity index (χ0) is 25.1. The van der Waals surface area contributed by atoms with Crippen LogP contribution in [0.2, 0.25) is 18.1 Å². The second-order valence-corrected chi connectivity index (χ2v) is 15.7. The lowest BCUT2D eigenvalue weighted by Gasteiger charge is -2.37. The molecule has 0 radical (unpaired) electrons. The highest BCUT2D eigenvalue weighted by Crippen LogP contribution is 2.46. The molecule has 8 heteroatoms. The number of allylic oxidation sites excluding steroid dienone is 2. The molecule has 0 aliphatic carbocycles. The van der Waals surface area contributed by atoms with Gasteiger partial charge in [-0.25, -0.2) is 4.79 Å². The summed E-state index contributed by atoms with van der Waals surface area (Å²) in [6, 6.07) is 0. The smallest absolute Gasteiger partial charge is 0.342 e. The molecule has 0 fully saturated rings. The van der Waals surface area contributed by atoms with Crippen molar-refractivity contribution in [2.45, 2.75) is 78.6 Å². The van der Waals surface area contributed by atoms with Gasteiger partial charge in [0.1, 0.15) is 23.7 Å². The van der Waals surface area contributed by atoms with Crippen molar-refractivity contribution in [1.29, 1.82) is 0 Å². The molecule has 6 nitrogen and oxygen atoms in total. The van der Waals surface area contributed by atoms with Crippen LogP contribution >= 0.6 is 15.9 Å². The van der Waals surface area contributed by atoms with Crippen molar-refractivity contribution >= 4 is 36.2 Å². The van der Waals surface area contributed by atoms with Gasteiger partial charge in [-0.1, -0.05) is 48.4 Å². The van der Waals surface area contributed by atoms with E-state index < -0.39 is 20.2 Å². The molecule has 33 heavy (non-hydrogen) atoms. The molecule has 1 unspecified atom stereocenters. The van der Waals surface area contributed by atoms with Crippen molar-refractivity contribution in [3.8, 4) is 11.5 Å². The number of halogens is 1. The zero-order valence-electron chi connectivity index (χ0n) is 21.1. The molecule has 1 aliphatic heterocycles. The average molecular weight is 542 g/mol. The van der Waals surface area contributed by atoms with E-state index >= 15 is 0 Å². The maximum absolute atomic E-state index is 12.7. The minimum absolute atomic E-state index is 0.0616. The summed E-state index contributed by atoms with van der Waals surface area (Å²) < 4.78 is 17.9. The molecule has 1 aromatic carbocycles. The molecule has 0 spiro atoms. The molecule has 184 valence electrons. The summed E-state index contributed by atoms with van der Waals surface area (Å²) >= 11 is 3.34. The Labute approximate surface area is 206 Å². The van der Waals surface area contributed by atoms with Crippen molar-refractivity contribution in [3.05, 3.63) is 33.9 Å². The van der Waals surface area contributed by atoms with E-state index in [9.17, 15) is 14.7 Å². The summed E-state index contributed by atoms with van der Waals surface area (Å²) in [5.41, 5.74) is 3.98. The number of carboxylic acid groups (broad SMARTS) is 1. The summed E-state index contributed by atoms with van der Waals surface area (Å²) in [5, 5.41) is 10.1. The van der Waals surface area contributed by atoms with Crippen LogP contribution in [-0.4, -0.2) is 37.8 Å². The minimum atomic E-state index is -2.28. The van der Waals surface area contributed by atoms with E-state index in [4.69, 9.17) is 13.9 Å². The summed E-state index contributed by atoms with van der Waals surface area (Å²) in [4.78, 5) is 24.3. The van der Waals surface area contributed by atoms with E-state index in [0.717, 1.165) is 22.3 Å². The van der Waals surface area contributed by atoms with Gasteiger partial charge < -0.3 is 19.0 Å². The fourth-order valence-corrected chi connectivity index (χ4v) is 5.32. The summed E-state index contributed by atoms with van der Waals surface area (Å²) in [5.74, 6) is -0.351. The van der Waals surface area contributed by atoms with Crippen LogP contribution in [0.15, 0.2) is 11.6 Å². The molecule has 0 aromatic heterocycles. The number of hydrogen-bond donors (Lipinski definition) is 1. The van der Waals surface area contributed by atoms with Gasteiger partial charge >= 0.3 is 11.9 Å². The van der Waals surface area contributed by atoms with Gasteiger partial charge in [0.2, 0.25) is 0 Å². The highest BCUT2D eigenvalue weighted by Gasteiger charge is 2.42. The Morgan fingerprint density at radius 2 is 1.94 bits per heavy atom. The number of esters is 1.